The summed E-state index contributed by atoms with van der Waals surface area (Å²) in [6.45, 7) is 1.59. The second kappa shape index (κ2) is 14.6. The highest BCUT2D eigenvalue weighted by Crippen LogP contribution is 2.23. The highest BCUT2D eigenvalue weighted by Gasteiger charge is 2.22. The minimum absolute atomic E-state index is 0.0470. The number of rotatable bonds is 13. The van der Waals surface area contributed by atoms with Crippen molar-refractivity contribution in [3.63, 3.8) is 0 Å². The molecule has 46 heavy (non-hydrogen) atoms. The van der Waals surface area contributed by atoms with E-state index in [0.29, 0.717) is 6.42 Å². The maximum atomic E-state index is 13.6. The molecule has 0 bridgehead atoms. The van der Waals surface area contributed by atoms with Crippen molar-refractivity contribution in [2.45, 2.75) is 31.3 Å². The van der Waals surface area contributed by atoms with Crippen LogP contribution in [0.1, 0.15) is 16.7 Å². The molecule has 0 unspecified atom stereocenters. The maximum absolute atomic E-state index is 13.6. The number of hydrogen-bond acceptors (Lipinski definition) is 3. The van der Waals surface area contributed by atoms with Crippen LogP contribution in [-0.2, 0) is 31.1 Å². The highest BCUT2D eigenvalue weighted by atomic mass is 16.1. The van der Waals surface area contributed by atoms with Gasteiger partial charge in [-0.1, -0.05) is 115 Å². The van der Waals surface area contributed by atoms with Gasteiger partial charge in [-0.05, 0) is 71.6 Å². The number of amides is 1. The molecule has 1 amide bonds. The summed E-state index contributed by atoms with van der Waals surface area (Å²) in [6, 6.07) is 42.7. The van der Waals surface area contributed by atoms with E-state index in [2.05, 4.69) is 144 Å². The second-order valence-electron chi connectivity index (χ2n) is 12.5. The van der Waals surface area contributed by atoms with Gasteiger partial charge < -0.3 is 15.2 Å². The molecule has 0 fully saturated rings. The summed E-state index contributed by atoms with van der Waals surface area (Å²) < 4.78 is 2.19. The third kappa shape index (κ3) is 7.56. The number of carbonyl (C=O) groups is 1. The lowest BCUT2D eigenvalue weighted by Crippen LogP contribution is -2.49. The van der Waals surface area contributed by atoms with Crippen LogP contribution >= 0.6 is 0 Å². The average molecular weight is 609 g/mol. The summed E-state index contributed by atoms with van der Waals surface area (Å²) in [5, 5.41) is 10.6. The van der Waals surface area contributed by atoms with Crippen LogP contribution in [0.5, 0.6) is 0 Å². The van der Waals surface area contributed by atoms with E-state index >= 15 is 0 Å². The third-order valence-electron chi connectivity index (χ3n) is 9.09. The molecule has 0 saturated heterocycles. The molecule has 2 N–H and O–H groups in total. The third-order valence-corrected chi connectivity index (χ3v) is 9.09. The second-order valence-corrected chi connectivity index (χ2v) is 12.5. The summed E-state index contributed by atoms with van der Waals surface area (Å²) in [5.74, 6) is 0.0470. The van der Waals surface area contributed by atoms with Crippen LogP contribution in [0.2, 0.25) is 0 Å². The molecule has 0 radical (unpaired) electrons. The van der Waals surface area contributed by atoms with Crippen molar-refractivity contribution in [1.29, 1.82) is 0 Å². The Balaban J connectivity index is 1.19. The molecule has 0 aliphatic rings. The van der Waals surface area contributed by atoms with Crippen molar-refractivity contribution < 1.29 is 4.79 Å². The predicted molar refractivity (Wildman–Crippen MR) is 192 cm³/mol. The van der Waals surface area contributed by atoms with Crippen LogP contribution in [0, 0.1) is 0 Å². The fraction of sp³-hybridized carbons (Fsp3) is 0.244. The van der Waals surface area contributed by atoms with E-state index in [4.69, 9.17) is 0 Å². The van der Waals surface area contributed by atoms with E-state index in [1.165, 1.54) is 38.4 Å². The van der Waals surface area contributed by atoms with E-state index in [-0.39, 0.29) is 18.0 Å². The normalized spacial score (nSPS) is 12.9. The maximum Gasteiger partial charge on any atom is 0.224 e. The number of aromatic nitrogens is 1. The number of hydrogen-bond donors (Lipinski definition) is 2. The van der Waals surface area contributed by atoms with Gasteiger partial charge in [0.15, 0.2) is 0 Å². The van der Waals surface area contributed by atoms with Gasteiger partial charge in [-0.25, -0.2) is 0 Å². The monoisotopic (exact) mass is 608 g/mol. The van der Waals surface area contributed by atoms with E-state index < -0.39 is 0 Å². The topological polar surface area (TPSA) is 49.3 Å². The molecule has 6 rings (SSSR count). The minimum atomic E-state index is -0.0529. The first-order chi connectivity index (χ1) is 22.5. The first kappa shape index (κ1) is 31.3. The number of para-hydroxylation sites is 1. The molecular weight excluding hydrogens is 564 g/mol. The van der Waals surface area contributed by atoms with Gasteiger partial charge >= 0.3 is 0 Å². The zero-order valence-electron chi connectivity index (χ0n) is 27.1. The molecule has 1 aromatic heterocycles. The van der Waals surface area contributed by atoms with Crippen molar-refractivity contribution in [2.24, 2.45) is 7.05 Å². The largest absolute Gasteiger partial charge is 0.351 e. The highest BCUT2D eigenvalue weighted by molar-refractivity contribution is 5.85. The summed E-state index contributed by atoms with van der Waals surface area (Å²) >= 11 is 0. The lowest BCUT2D eigenvalue weighted by atomic mass is 9.99. The van der Waals surface area contributed by atoms with Gasteiger partial charge in [0.2, 0.25) is 5.91 Å². The van der Waals surface area contributed by atoms with Crippen molar-refractivity contribution in [1.82, 2.24) is 20.1 Å². The van der Waals surface area contributed by atoms with Gasteiger partial charge in [0, 0.05) is 49.3 Å². The summed E-state index contributed by atoms with van der Waals surface area (Å²) in [7, 11) is 6.30. The number of nitrogens with zero attached hydrogens (tertiary/aromatic N) is 2. The Bertz CT molecular complexity index is 1890. The minimum Gasteiger partial charge on any atom is -0.351 e. The summed E-state index contributed by atoms with van der Waals surface area (Å²) in [6.07, 6.45) is 4.24. The van der Waals surface area contributed by atoms with Crippen LogP contribution in [-0.4, -0.2) is 54.6 Å². The van der Waals surface area contributed by atoms with Gasteiger partial charge in [0.25, 0.3) is 0 Å². The van der Waals surface area contributed by atoms with Crippen molar-refractivity contribution >= 4 is 27.6 Å². The number of carbonyl (C=O) groups excluding carboxylic acids is 1. The molecule has 5 nitrogen and oxygen atoms in total. The van der Waals surface area contributed by atoms with Gasteiger partial charge in [-0.3, -0.25) is 9.69 Å². The van der Waals surface area contributed by atoms with Crippen LogP contribution in [0.15, 0.2) is 128 Å². The molecule has 5 aromatic carbocycles. The van der Waals surface area contributed by atoms with Crippen LogP contribution in [0.25, 0.3) is 32.8 Å². The SMILES string of the molecule is CNC[C@H](Cc1ccc2ccccc2c1)N(C)C[C@H](Cc1cn(C)c2ccccc12)NC(=O)Cc1ccc(-c2ccccc2)cc1. The number of likely N-dealkylation sites (N-methyl/N-ethyl adjacent to an activating group) is 2. The number of nitrogens with one attached hydrogen (secondary N) is 2. The molecule has 0 saturated carbocycles. The van der Waals surface area contributed by atoms with Gasteiger partial charge in [-0.15, -0.1) is 0 Å². The first-order valence-corrected chi connectivity index (χ1v) is 16.3. The number of benzene rings is 5. The van der Waals surface area contributed by atoms with Gasteiger partial charge in [0.1, 0.15) is 0 Å². The van der Waals surface area contributed by atoms with E-state index in [0.717, 1.165) is 37.1 Å². The Morgan fingerprint density at radius 1 is 0.761 bits per heavy atom. The van der Waals surface area contributed by atoms with Gasteiger partial charge in [0.05, 0.1) is 6.42 Å². The lowest BCUT2D eigenvalue weighted by molar-refractivity contribution is -0.121. The quantitative estimate of drug-likeness (QED) is 0.148. The molecular formula is C41H44N4O. The number of aryl methyl sites for hydroxylation is 1. The van der Waals surface area contributed by atoms with Crippen molar-refractivity contribution in [3.8, 4) is 11.1 Å². The van der Waals surface area contributed by atoms with E-state index in [1.54, 1.807) is 0 Å². The van der Waals surface area contributed by atoms with Crippen molar-refractivity contribution in [3.05, 3.63) is 144 Å². The molecule has 6 aromatic rings. The average Bonchev–Trinajstić information content (AvgIpc) is 3.39. The van der Waals surface area contributed by atoms with E-state index in [1.807, 2.05) is 25.2 Å². The fourth-order valence-corrected chi connectivity index (χ4v) is 6.68. The Morgan fingerprint density at radius 2 is 1.43 bits per heavy atom. The predicted octanol–water partition coefficient (Wildman–Crippen LogP) is 7.03. The molecule has 5 heteroatoms. The molecule has 0 aliphatic heterocycles. The first-order valence-electron chi connectivity index (χ1n) is 16.3. The van der Waals surface area contributed by atoms with Crippen LogP contribution < -0.4 is 10.6 Å². The Morgan fingerprint density at radius 3 is 2.22 bits per heavy atom. The van der Waals surface area contributed by atoms with Gasteiger partial charge in [-0.2, -0.15) is 0 Å². The smallest absolute Gasteiger partial charge is 0.224 e. The Kier molecular flexibility index (Phi) is 9.92. The fourth-order valence-electron chi connectivity index (χ4n) is 6.68. The van der Waals surface area contributed by atoms with Crippen LogP contribution in [0.3, 0.4) is 0 Å². The van der Waals surface area contributed by atoms with Crippen molar-refractivity contribution in [2.75, 3.05) is 27.2 Å². The zero-order chi connectivity index (χ0) is 31.9. The molecule has 2 atom stereocenters. The summed E-state index contributed by atoms with van der Waals surface area (Å²) in [5.41, 5.74) is 7.12. The zero-order valence-corrected chi connectivity index (χ0v) is 27.1. The summed E-state index contributed by atoms with van der Waals surface area (Å²) in [4.78, 5) is 16.0. The number of fused-ring (bicyclic) bond motifs is 2. The van der Waals surface area contributed by atoms with E-state index in [9.17, 15) is 4.79 Å². The molecule has 0 aliphatic carbocycles. The molecule has 0 spiro atoms. The Hall–Kier alpha value is -4.71. The molecule has 234 valence electrons. The standard InChI is InChI=1S/C41H44N4O/c1-42-27-38(24-31-19-22-33-13-7-8-14-35(33)23-31)44(2)29-37(26-36-28-45(3)40-16-10-9-15-39(36)40)43-41(46)25-30-17-20-34(21-18-30)32-11-5-4-6-12-32/h4-23,28,37-38,42H,24-27,29H2,1-3H3,(H,43,46)/t37-,38-/m0/s1. The molecule has 1 heterocycles. The lowest BCUT2D eigenvalue weighted by Gasteiger charge is -2.32. The van der Waals surface area contributed by atoms with Crippen LogP contribution in [0.4, 0.5) is 0 Å². The Labute approximate surface area is 272 Å².